The van der Waals surface area contributed by atoms with E-state index in [1.54, 1.807) is 6.07 Å². The Bertz CT molecular complexity index is 1200. The molecule has 3 amide bonds. The molecule has 0 spiro atoms. The summed E-state index contributed by atoms with van der Waals surface area (Å²) in [6.07, 6.45) is 0.226. The lowest BCUT2D eigenvalue weighted by Crippen LogP contribution is -2.47. The molecule has 0 bridgehead atoms. The number of nitrogens with zero attached hydrogens (tertiary/aromatic N) is 1. The summed E-state index contributed by atoms with van der Waals surface area (Å²) in [7, 11) is 0. The van der Waals surface area contributed by atoms with Gasteiger partial charge in [0, 0.05) is 20.0 Å². The molecule has 7 nitrogen and oxygen atoms in total. The van der Waals surface area contributed by atoms with Gasteiger partial charge in [-0.2, -0.15) is 0 Å². The minimum atomic E-state index is -1.13. The Morgan fingerprint density at radius 3 is 2.00 bits per heavy atom. The topological polar surface area (TPSA) is 92.8 Å². The van der Waals surface area contributed by atoms with Gasteiger partial charge in [-0.1, -0.05) is 26.0 Å². The third-order valence-corrected chi connectivity index (χ3v) is 13.0. The summed E-state index contributed by atoms with van der Waals surface area (Å²) < 4.78 is 8.48. The number of amides is 3. The highest BCUT2D eigenvalue weighted by Crippen LogP contribution is 2.38. The average Bonchev–Trinajstić information content (AvgIpc) is 3.06. The number of hydrogen-bond donors (Lipinski definition) is 1. The first-order valence-electron chi connectivity index (χ1n) is 10.6. The Balaban J connectivity index is 1.83. The maximum absolute atomic E-state index is 13.4. The summed E-state index contributed by atoms with van der Waals surface area (Å²) in [6, 6.07) is 4.41. The second-order valence-electron chi connectivity index (χ2n) is 8.53. The van der Waals surface area contributed by atoms with E-state index in [0.717, 1.165) is 23.2 Å². The second-order valence-corrected chi connectivity index (χ2v) is 12.8. The molecule has 0 saturated carbocycles. The summed E-state index contributed by atoms with van der Waals surface area (Å²) >= 11 is 8.46. The van der Waals surface area contributed by atoms with Crippen molar-refractivity contribution in [2.75, 3.05) is 11.9 Å². The van der Waals surface area contributed by atoms with Gasteiger partial charge in [0.2, 0.25) is 0 Å². The first kappa shape index (κ1) is 29.0. The number of rotatable bonds is 7. The summed E-state index contributed by atoms with van der Waals surface area (Å²) in [4.78, 5) is 53.5. The SMILES string of the molecule is Cc1cccc(NC(=O)COC(=O)[C@H](CC(C)C)N2C(=O)c3c(I)c(I)c(I)c(I)c3C2=O)c1C. The summed E-state index contributed by atoms with van der Waals surface area (Å²) in [6.45, 7) is 7.10. The normalized spacial score (nSPS) is 13.8. The number of hydrogen-bond acceptors (Lipinski definition) is 5. The molecule has 0 unspecified atom stereocenters. The smallest absolute Gasteiger partial charge is 0.329 e. The molecule has 0 saturated heterocycles. The monoisotopic (exact) mass is 926 g/mol. The van der Waals surface area contributed by atoms with Gasteiger partial charge in [0.05, 0.1) is 11.1 Å². The molecule has 1 N–H and O–H groups in total. The van der Waals surface area contributed by atoms with Gasteiger partial charge in [-0.25, -0.2) is 4.79 Å². The quantitative estimate of drug-likeness (QED) is 0.123. The Hall–Kier alpha value is -0.560. The molecule has 186 valence electrons. The van der Waals surface area contributed by atoms with Gasteiger partial charge in [0.25, 0.3) is 17.7 Å². The summed E-state index contributed by atoms with van der Waals surface area (Å²) in [5.74, 6) is -2.29. The molecule has 35 heavy (non-hydrogen) atoms. The largest absolute Gasteiger partial charge is 0.454 e. The zero-order valence-corrected chi connectivity index (χ0v) is 27.9. The molecule has 0 aromatic heterocycles. The van der Waals surface area contributed by atoms with Crippen LogP contribution in [-0.4, -0.2) is 41.2 Å². The second kappa shape index (κ2) is 11.9. The van der Waals surface area contributed by atoms with Gasteiger partial charge < -0.3 is 10.1 Å². The van der Waals surface area contributed by atoms with Crippen molar-refractivity contribution in [3.63, 3.8) is 0 Å². The molecule has 0 radical (unpaired) electrons. The predicted molar refractivity (Wildman–Crippen MR) is 167 cm³/mol. The number of anilines is 1. The number of halogens is 4. The fourth-order valence-corrected chi connectivity index (χ4v) is 7.36. The van der Waals surface area contributed by atoms with E-state index in [0.29, 0.717) is 24.0 Å². The van der Waals surface area contributed by atoms with Crippen LogP contribution in [0.15, 0.2) is 18.2 Å². The Kier molecular flexibility index (Phi) is 9.84. The first-order chi connectivity index (χ1) is 16.4. The number of aryl methyl sites for hydroxylation is 1. The third-order valence-electron chi connectivity index (χ3n) is 5.64. The fraction of sp³-hybridized carbons (Fsp3) is 0.333. The lowest BCUT2D eigenvalue weighted by Gasteiger charge is -2.26. The zero-order valence-electron chi connectivity index (χ0n) is 19.3. The molecule has 3 rings (SSSR count). The Labute approximate surface area is 258 Å². The molecule has 11 heteroatoms. The van der Waals surface area contributed by atoms with Gasteiger partial charge in [-0.3, -0.25) is 19.3 Å². The number of esters is 1. The van der Waals surface area contributed by atoms with E-state index in [-0.39, 0.29) is 12.3 Å². The van der Waals surface area contributed by atoms with Crippen LogP contribution >= 0.6 is 90.4 Å². The van der Waals surface area contributed by atoms with Crippen LogP contribution in [0.3, 0.4) is 0 Å². The molecule has 2 aromatic rings. The number of imide groups is 1. The Morgan fingerprint density at radius 1 is 0.943 bits per heavy atom. The molecule has 1 aliphatic rings. The van der Waals surface area contributed by atoms with Crippen LogP contribution in [0.4, 0.5) is 5.69 Å². The number of nitrogens with one attached hydrogen (secondary N) is 1. The first-order valence-corrected chi connectivity index (χ1v) is 14.9. The fourth-order valence-electron chi connectivity index (χ4n) is 3.71. The van der Waals surface area contributed by atoms with Crippen molar-refractivity contribution in [3.8, 4) is 0 Å². The van der Waals surface area contributed by atoms with E-state index in [9.17, 15) is 19.2 Å². The maximum atomic E-state index is 13.4. The number of fused-ring (bicyclic) bond motifs is 1. The standard InChI is InChI=1S/C24H22I4N2O5/c1-10(2)8-14(24(34)35-9-15(31)29-13-7-5-6-11(3)12(13)4)30-22(32)16-17(23(30)33)19(26)21(28)20(27)18(16)25/h5-7,10,14H,8-9H2,1-4H3,(H,29,31)/t14-/m0/s1. The van der Waals surface area contributed by atoms with E-state index in [2.05, 4.69) is 95.7 Å². The van der Waals surface area contributed by atoms with Crippen LogP contribution in [0.25, 0.3) is 0 Å². The maximum Gasteiger partial charge on any atom is 0.329 e. The lowest BCUT2D eigenvalue weighted by molar-refractivity contribution is -0.151. The van der Waals surface area contributed by atoms with Crippen molar-refractivity contribution in [2.24, 2.45) is 5.92 Å². The van der Waals surface area contributed by atoms with Crippen molar-refractivity contribution in [3.05, 3.63) is 54.7 Å². The van der Waals surface area contributed by atoms with E-state index in [4.69, 9.17) is 4.74 Å². The zero-order chi connectivity index (χ0) is 26.2. The van der Waals surface area contributed by atoms with Gasteiger partial charge in [0.1, 0.15) is 6.04 Å². The van der Waals surface area contributed by atoms with Crippen molar-refractivity contribution in [1.29, 1.82) is 0 Å². The van der Waals surface area contributed by atoms with Gasteiger partial charge in [-0.15, -0.1) is 0 Å². The number of ether oxygens (including phenoxy) is 1. The predicted octanol–water partition coefficient (Wildman–Crippen LogP) is 5.91. The van der Waals surface area contributed by atoms with Crippen LogP contribution in [-0.2, 0) is 14.3 Å². The molecular formula is C24H22I4N2O5. The van der Waals surface area contributed by atoms with Gasteiger partial charge in [-0.05, 0) is 134 Å². The van der Waals surface area contributed by atoms with Crippen molar-refractivity contribution >= 4 is 120 Å². The summed E-state index contributed by atoms with van der Waals surface area (Å²) in [5.41, 5.74) is 3.22. The van der Waals surface area contributed by atoms with Crippen molar-refractivity contribution < 1.29 is 23.9 Å². The van der Waals surface area contributed by atoms with Crippen LogP contribution in [0.5, 0.6) is 0 Å². The Morgan fingerprint density at radius 2 is 1.49 bits per heavy atom. The third kappa shape index (κ3) is 5.97. The number of carbonyl (C=O) groups is 4. The molecular weight excluding hydrogens is 904 g/mol. The molecule has 2 aromatic carbocycles. The van der Waals surface area contributed by atoms with Gasteiger partial charge >= 0.3 is 5.97 Å². The average molecular weight is 926 g/mol. The molecule has 0 fully saturated rings. The van der Waals surface area contributed by atoms with E-state index in [1.165, 1.54) is 0 Å². The number of carbonyl (C=O) groups excluding carboxylic acids is 4. The highest BCUT2D eigenvalue weighted by atomic mass is 127. The number of benzene rings is 2. The van der Waals surface area contributed by atoms with Crippen LogP contribution in [0, 0.1) is 34.0 Å². The van der Waals surface area contributed by atoms with E-state index < -0.39 is 36.3 Å². The van der Waals surface area contributed by atoms with E-state index >= 15 is 0 Å². The molecule has 1 heterocycles. The molecule has 1 atom stereocenters. The minimum absolute atomic E-state index is 0.000881. The van der Waals surface area contributed by atoms with Crippen LogP contribution in [0.1, 0.15) is 52.1 Å². The van der Waals surface area contributed by atoms with Crippen molar-refractivity contribution in [2.45, 2.75) is 40.2 Å². The molecule has 1 aliphatic heterocycles. The lowest BCUT2D eigenvalue weighted by atomic mass is 10.0. The van der Waals surface area contributed by atoms with Gasteiger partial charge in [0.15, 0.2) is 6.61 Å². The van der Waals surface area contributed by atoms with E-state index in [1.807, 2.05) is 39.8 Å². The van der Waals surface area contributed by atoms with Crippen LogP contribution in [0.2, 0.25) is 0 Å². The van der Waals surface area contributed by atoms with Crippen LogP contribution < -0.4 is 5.32 Å². The minimum Gasteiger partial charge on any atom is -0.454 e. The molecule has 0 aliphatic carbocycles. The summed E-state index contributed by atoms with van der Waals surface area (Å²) in [5, 5.41) is 2.75. The highest BCUT2D eigenvalue weighted by molar-refractivity contribution is 14.1. The van der Waals surface area contributed by atoms with Crippen molar-refractivity contribution in [1.82, 2.24) is 4.90 Å². The highest BCUT2D eigenvalue weighted by Gasteiger charge is 2.47.